The number of para-hydroxylation sites is 1. The fraction of sp³-hybridized carbons (Fsp3) is 0.562. The van der Waals surface area contributed by atoms with Gasteiger partial charge in [-0.3, -0.25) is 4.99 Å². The Morgan fingerprint density at radius 3 is 2.35 bits per heavy atom. The Bertz CT molecular complexity index is 441. The Kier molecular flexibility index (Phi) is 3.11. The minimum atomic E-state index is 0.111. The van der Waals surface area contributed by atoms with E-state index < -0.39 is 0 Å². The average Bonchev–Trinajstić information content (AvgIpc) is 2.51. The molecule has 17 heavy (non-hydrogen) atoms. The Balaban J connectivity index is 2.28. The third kappa shape index (κ3) is 2.15. The quantitative estimate of drug-likeness (QED) is 0.710. The van der Waals surface area contributed by atoms with Crippen molar-refractivity contribution in [2.45, 2.75) is 46.5 Å². The van der Waals surface area contributed by atoms with Crippen LogP contribution in [0.1, 0.15) is 46.6 Å². The van der Waals surface area contributed by atoms with Crippen molar-refractivity contribution in [3.8, 4) is 0 Å². The minimum absolute atomic E-state index is 0.111. The first-order valence-electron chi connectivity index (χ1n) is 6.60. The van der Waals surface area contributed by atoms with Crippen molar-refractivity contribution in [2.75, 3.05) is 0 Å². The predicted octanol–water partition coefficient (Wildman–Crippen LogP) is 4.73. The van der Waals surface area contributed by atoms with Crippen molar-refractivity contribution >= 4 is 11.4 Å². The van der Waals surface area contributed by atoms with Crippen LogP contribution in [-0.4, -0.2) is 5.71 Å². The highest BCUT2D eigenvalue weighted by Crippen LogP contribution is 2.41. The van der Waals surface area contributed by atoms with Gasteiger partial charge in [-0.25, -0.2) is 0 Å². The summed E-state index contributed by atoms with van der Waals surface area (Å²) in [7, 11) is 0. The van der Waals surface area contributed by atoms with Crippen LogP contribution in [0.2, 0.25) is 0 Å². The second kappa shape index (κ2) is 4.29. The highest BCUT2D eigenvalue weighted by atomic mass is 14.8. The van der Waals surface area contributed by atoms with Gasteiger partial charge in [0.2, 0.25) is 0 Å². The third-order valence-corrected chi connectivity index (χ3v) is 4.21. The molecule has 0 saturated heterocycles. The van der Waals surface area contributed by atoms with Crippen molar-refractivity contribution in [1.29, 1.82) is 0 Å². The topological polar surface area (TPSA) is 12.4 Å². The fourth-order valence-corrected chi connectivity index (χ4v) is 2.38. The molecular formula is C16H23N. The summed E-state index contributed by atoms with van der Waals surface area (Å²) < 4.78 is 0. The first-order valence-corrected chi connectivity index (χ1v) is 6.60. The van der Waals surface area contributed by atoms with Crippen LogP contribution in [0.4, 0.5) is 5.69 Å². The van der Waals surface area contributed by atoms with E-state index in [9.17, 15) is 0 Å². The molecule has 1 atom stereocenters. The number of nitrogens with zero attached hydrogens (tertiary/aromatic N) is 1. The molecule has 0 bridgehead atoms. The van der Waals surface area contributed by atoms with Crippen molar-refractivity contribution in [3.63, 3.8) is 0 Å². The molecule has 1 aromatic rings. The Morgan fingerprint density at radius 2 is 1.76 bits per heavy atom. The standard InChI is InChI=1S/C16H23N/c1-11(2)12(3)10-15-16(4,5)13-8-6-7-9-14(13)17-15/h6-9,11-12H,10H2,1-5H3. The molecule has 0 spiro atoms. The van der Waals surface area contributed by atoms with Crippen LogP contribution < -0.4 is 0 Å². The summed E-state index contributed by atoms with van der Waals surface area (Å²) in [6.07, 6.45) is 1.11. The highest BCUT2D eigenvalue weighted by molar-refractivity contribution is 6.01. The third-order valence-electron chi connectivity index (χ3n) is 4.21. The molecule has 1 heteroatoms. The number of rotatable bonds is 3. The van der Waals surface area contributed by atoms with Gasteiger partial charge >= 0.3 is 0 Å². The summed E-state index contributed by atoms with van der Waals surface area (Å²) in [6.45, 7) is 11.5. The van der Waals surface area contributed by atoms with E-state index in [2.05, 4.69) is 58.9 Å². The SMILES string of the molecule is CC(C)C(C)CC1=Nc2ccccc2C1(C)C. The van der Waals surface area contributed by atoms with E-state index in [1.807, 2.05) is 0 Å². The molecule has 92 valence electrons. The van der Waals surface area contributed by atoms with Crippen LogP contribution in [0.25, 0.3) is 0 Å². The largest absolute Gasteiger partial charge is 0.257 e. The molecule has 1 unspecified atom stereocenters. The summed E-state index contributed by atoms with van der Waals surface area (Å²) in [5.41, 5.74) is 4.01. The van der Waals surface area contributed by atoms with Gasteiger partial charge in [0.1, 0.15) is 0 Å². The molecule has 1 nitrogen and oxygen atoms in total. The lowest BCUT2D eigenvalue weighted by Gasteiger charge is -2.25. The van der Waals surface area contributed by atoms with E-state index >= 15 is 0 Å². The number of aliphatic imine (C=N–C) groups is 1. The van der Waals surface area contributed by atoms with E-state index in [0.29, 0.717) is 5.92 Å². The van der Waals surface area contributed by atoms with Crippen molar-refractivity contribution in [2.24, 2.45) is 16.8 Å². The lowest BCUT2D eigenvalue weighted by Crippen LogP contribution is -2.28. The van der Waals surface area contributed by atoms with Gasteiger partial charge in [0.25, 0.3) is 0 Å². The van der Waals surface area contributed by atoms with E-state index in [1.165, 1.54) is 17.0 Å². The van der Waals surface area contributed by atoms with Gasteiger partial charge in [-0.05, 0) is 29.9 Å². The lowest BCUT2D eigenvalue weighted by atomic mass is 9.77. The van der Waals surface area contributed by atoms with Gasteiger partial charge in [0, 0.05) is 11.1 Å². The molecule has 1 aromatic carbocycles. The average molecular weight is 229 g/mol. The summed E-state index contributed by atoms with van der Waals surface area (Å²) in [6, 6.07) is 8.54. The minimum Gasteiger partial charge on any atom is -0.257 e. The first kappa shape index (κ1) is 12.3. The van der Waals surface area contributed by atoms with Crippen LogP contribution in [0.3, 0.4) is 0 Å². The zero-order valence-electron chi connectivity index (χ0n) is 11.6. The predicted molar refractivity (Wildman–Crippen MR) is 75.2 cm³/mol. The first-order chi connectivity index (χ1) is 7.93. The Morgan fingerprint density at radius 1 is 1.12 bits per heavy atom. The van der Waals surface area contributed by atoms with E-state index in [1.54, 1.807) is 0 Å². The van der Waals surface area contributed by atoms with Crippen molar-refractivity contribution < 1.29 is 0 Å². The molecule has 0 amide bonds. The van der Waals surface area contributed by atoms with Gasteiger partial charge in [-0.15, -0.1) is 0 Å². The molecule has 1 aliphatic heterocycles. The maximum atomic E-state index is 4.84. The molecule has 0 saturated carbocycles. The second-order valence-corrected chi connectivity index (χ2v) is 6.13. The molecule has 0 aromatic heterocycles. The van der Waals surface area contributed by atoms with Crippen LogP contribution in [0.5, 0.6) is 0 Å². The van der Waals surface area contributed by atoms with Crippen molar-refractivity contribution in [1.82, 2.24) is 0 Å². The summed E-state index contributed by atoms with van der Waals surface area (Å²) in [5.74, 6) is 1.42. The van der Waals surface area contributed by atoms with E-state index in [-0.39, 0.29) is 5.41 Å². The van der Waals surface area contributed by atoms with Gasteiger partial charge < -0.3 is 0 Å². The summed E-state index contributed by atoms with van der Waals surface area (Å²) in [5, 5.41) is 0. The summed E-state index contributed by atoms with van der Waals surface area (Å²) >= 11 is 0. The zero-order chi connectivity index (χ0) is 12.6. The molecular weight excluding hydrogens is 206 g/mol. The Hall–Kier alpha value is -1.11. The molecule has 0 N–H and O–H groups in total. The van der Waals surface area contributed by atoms with Gasteiger partial charge in [0.05, 0.1) is 5.69 Å². The second-order valence-electron chi connectivity index (χ2n) is 6.13. The number of hydrogen-bond donors (Lipinski definition) is 0. The van der Waals surface area contributed by atoms with Gasteiger partial charge in [0.15, 0.2) is 0 Å². The van der Waals surface area contributed by atoms with Crippen LogP contribution in [-0.2, 0) is 5.41 Å². The molecule has 1 aliphatic rings. The van der Waals surface area contributed by atoms with E-state index in [4.69, 9.17) is 4.99 Å². The van der Waals surface area contributed by atoms with Gasteiger partial charge in [-0.1, -0.05) is 52.8 Å². The smallest absolute Gasteiger partial charge is 0.0670 e. The molecule has 0 aliphatic carbocycles. The van der Waals surface area contributed by atoms with E-state index in [0.717, 1.165) is 12.3 Å². The monoisotopic (exact) mass is 229 g/mol. The zero-order valence-corrected chi connectivity index (χ0v) is 11.6. The number of hydrogen-bond acceptors (Lipinski definition) is 1. The normalized spacial score (nSPS) is 19.1. The molecule has 1 heterocycles. The number of benzene rings is 1. The van der Waals surface area contributed by atoms with Crippen LogP contribution in [0.15, 0.2) is 29.3 Å². The van der Waals surface area contributed by atoms with Crippen LogP contribution >= 0.6 is 0 Å². The lowest BCUT2D eigenvalue weighted by molar-refractivity contribution is 0.427. The summed E-state index contributed by atoms with van der Waals surface area (Å²) in [4.78, 5) is 4.84. The molecule has 0 fully saturated rings. The maximum absolute atomic E-state index is 4.84. The van der Waals surface area contributed by atoms with Crippen LogP contribution in [0, 0.1) is 11.8 Å². The highest BCUT2D eigenvalue weighted by Gasteiger charge is 2.35. The molecule has 0 radical (unpaired) electrons. The fourth-order valence-electron chi connectivity index (χ4n) is 2.38. The Labute approximate surface area is 105 Å². The molecule has 2 rings (SSSR count). The number of fused-ring (bicyclic) bond motifs is 1. The van der Waals surface area contributed by atoms with Gasteiger partial charge in [-0.2, -0.15) is 0 Å². The van der Waals surface area contributed by atoms with Crippen molar-refractivity contribution in [3.05, 3.63) is 29.8 Å². The maximum Gasteiger partial charge on any atom is 0.0670 e.